The van der Waals surface area contributed by atoms with Crippen molar-refractivity contribution in [3.8, 4) is 0 Å². The molecule has 0 unspecified atom stereocenters. The van der Waals surface area contributed by atoms with E-state index in [9.17, 15) is 0 Å². The van der Waals surface area contributed by atoms with Crippen molar-refractivity contribution in [1.82, 2.24) is 0 Å². The van der Waals surface area contributed by atoms with Crippen LogP contribution in [0.5, 0.6) is 0 Å². The highest BCUT2D eigenvalue weighted by atomic mass is 32.1. The molecule has 2 saturated carbocycles. The zero-order valence-electron chi connectivity index (χ0n) is 12.5. The van der Waals surface area contributed by atoms with Gasteiger partial charge in [0.15, 0.2) is 0 Å². The van der Waals surface area contributed by atoms with Crippen molar-refractivity contribution < 1.29 is 0 Å². The van der Waals surface area contributed by atoms with Crippen LogP contribution in [0.25, 0.3) is 0 Å². The molecule has 0 saturated heterocycles. The van der Waals surface area contributed by atoms with Crippen molar-refractivity contribution in [2.75, 3.05) is 12.3 Å². The van der Waals surface area contributed by atoms with Gasteiger partial charge in [0.1, 0.15) is 0 Å². The van der Waals surface area contributed by atoms with E-state index >= 15 is 0 Å². The van der Waals surface area contributed by atoms with E-state index in [-0.39, 0.29) is 0 Å². The van der Waals surface area contributed by atoms with Crippen molar-refractivity contribution >= 4 is 15.2 Å². The molecular formula is C16H32P2. The summed E-state index contributed by atoms with van der Waals surface area (Å²) in [6.45, 7) is 4.96. The third-order valence-electron chi connectivity index (χ3n) is 4.95. The van der Waals surface area contributed by atoms with Crippen molar-refractivity contribution in [3.63, 3.8) is 0 Å². The molecule has 0 bridgehead atoms. The van der Waals surface area contributed by atoms with E-state index in [1.807, 2.05) is 0 Å². The van der Waals surface area contributed by atoms with Crippen LogP contribution in [0, 0.1) is 0 Å². The SMILES string of the molecule is CCP(CC)P(C1CCCCC1)C1CCCCC1. The van der Waals surface area contributed by atoms with Crippen molar-refractivity contribution in [2.24, 2.45) is 0 Å². The molecule has 0 heterocycles. The Morgan fingerprint density at radius 2 is 1.06 bits per heavy atom. The van der Waals surface area contributed by atoms with E-state index in [2.05, 4.69) is 13.8 Å². The fraction of sp³-hybridized carbons (Fsp3) is 1.00. The van der Waals surface area contributed by atoms with Gasteiger partial charge in [0, 0.05) is 0 Å². The molecule has 2 rings (SSSR count). The summed E-state index contributed by atoms with van der Waals surface area (Å²) in [7, 11) is 0.804. The van der Waals surface area contributed by atoms with Crippen LogP contribution in [-0.4, -0.2) is 23.6 Å². The van der Waals surface area contributed by atoms with Gasteiger partial charge in [-0.15, -0.1) is 0 Å². The molecule has 0 aromatic heterocycles. The van der Waals surface area contributed by atoms with E-state index in [0.29, 0.717) is 15.2 Å². The Morgan fingerprint density at radius 3 is 1.39 bits per heavy atom. The second kappa shape index (κ2) is 8.21. The Kier molecular flexibility index (Phi) is 6.96. The average Bonchev–Trinajstić information content (AvgIpc) is 2.46. The predicted octanol–water partition coefficient (Wildman–Crippen LogP) is 6.57. The minimum Gasteiger partial charge on any atom is -0.0810 e. The number of rotatable bonds is 5. The van der Waals surface area contributed by atoms with Crippen molar-refractivity contribution in [1.29, 1.82) is 0 Å². The van der Waals surface area contributed by atoms with E-state index in [1.54, 1.807) is 51.4 Å². The Morgan fingerprint density at radius 1 is 0.667 bits per heavy atom. The molecule has 0 radical (unpaired) electrons. The monoisotopic (exact) mass is 286 g/mol. The first-order valence-electron chi connectivity index (χ1n) is 8.40. The van der Waals surface area contributed by atoms with E-state index in [1.165, 1.54) is 36.5 Å². The van der Waals surface area contributed by atoms with Gasteiger partial charge in [-0.1, -0.05) is 67.6 Å². The van der Waals surface area contributed by atoms with Gasteiger partial charge < -0.3 is 0 Å². The van der Waals surface area contributed by atoms with Gasteiger partial charge in [-0.05, 0) is 49.3 Å². The molecular weight excluding hydrogens is 254 g/mol. The summed E-state index contributed by atoms with van der Waals surface area (Å²) in [5.41, 5.74) is 2.37. The second-order valence-electron chi connectivity index (χ2n) is 6.10. The van der Waals surface area contributed by atoms with E-state index in [0.717, 1.165) is 0 Å². The average molecular weight is 286 g/mol. The minimum atomic E-state index is 0.399. The van der Waals surface area contributed by atoms with Gasteiger partial charge >= 0.3 is 0 Å². The standard InChI is InChI=1S/C16H32P2/c1-3-17(4-2)18(15-11-7-5-8-12-15)16-13-9-6-10-14-16/h15-16H,3-14H2,1-2H3. The summed E-state index contributed by atoms with van der Waals surface area (Å²) in [5, 5.41) is 0. The Bertz CT molecular complexity index is 195. The van der Waals surface area contributed by atoms with Gasteiger partial charge in [0.2, 0.25) is 0 Å². The molecule has 2 aliphatic carbocycles. The molecule has 0 N–H and O–H groups in total. The zero-order chi connectivity index (χ0) is 12.8. The van der Waals surface area contributed by atoms with E-state index < -0.39 is 0 Å². The molecule has 0 aliphatic heterocycles. The Hall–Kier alpha value is 0.860. The van der Waals surface area contributed by atoms with Gasteiger partial charge in [-0.25, -0.2) is 0 Å². The molecule has 0 aromatic rings. The topological polar surface area (TPSA) is 0 Å². The molecule has 0 atom stereocenters. The highest BCUT2D eigenvalue weighted by Gasteiger charge is 2.34. The first-order valence-corrected chi connectivity index (χ1v) is 12.3. The van der Waals surface area contributed by atoms with Crippen LogP contribution >= 0.6 is 15.2 Å². The minimum absolute atomic E-state index is 0.399. The summed E-state index contributed by atoms with van der Waals surface area (Å²) in [6.07, 6.45) is 18.7. The zero-order valence-corrected chi connectivity index (χ0v) is 14.3. The van der Waals surface area contributed by atoms with Crippen LogP contribution in [0.15, 0.2) is 0 Å². The summed E-state index contributed by atoms with van der Waals surface area (Å²) in [5.74, 6) is 0. The van der Waals surface area contributed by atoms with Gasteiger partial charge in [-0.2, -0.15) is 0 Å². The third-order valence-corrected chi connectivity index (χ3v) is 15.2. The lowest BCUT2D eigenvalue weighted by molar-refractivity contribution is 0.488. The number of hydrogen-bond acceptors (Lipinski definition) is 0. The highest BCUT2D eigenvalue weighted by Crippen LogP contribution is 2.76. The van der Waals surface area contributed by atoms with Crippen LogP contribution in [0.4, 0.5) is 0 Å². The smallest absolute Gasteiger partial charge is 0.0168 e. The lowest BCUT2D eigenvalue weighted by atomic mass is 10.00. The van der Waals surface area contributed by atoms with E-state index in [4.69, 9.17) is 0 Å². The summed E-state index contributed by atoms with van der Waals surface area (Å²) < 4.78 is 0. The molecule has 0 aromatic carbocycles. The maximum absolute atomic E-state index is 2.48. The lowest BCUT2D eigenvalue weighted by Crippen LogP contribution is -2.20. The molecule has 106 valence electrons. The second-order valence-corrected chi connectivity index (χ2v) is 13.7. The first-order chi connectivity index (χ1) is 8.86. The van der Waals surface area contributed by atoms with Crippen molar-refractivity contribution in [2.45, 2.75) is 89.4 Å². The molecule has 0 spiro atoms. The summed E-state index contributed by atoms with van der Waals surface area (Å²) in [4.78, 5) is 0. The third kappa shape index (κ3) is 3.93. The van der Waals surface area contributed by atoms with Crippen LogP contribution in [0.3, 0.4) is 0 Å². The molecule has 0 amide bonds. The summed E-state index contributed by atoms with van der Waals surface area (Å²) >= 11 is 0. The Balaban J connectivity index is 2.04. The molecule has 0 nitrogen and oxygen atoms in total. The van der Waals surface area contributed by atoms with Gasteiger partial charge in [0.25, 0.3) is 0 Å². The lowest BCUT2D eigenvalue weighted by Gasteiger charge is -2.42. The largest absolute Gasteiger partial charge is 0.0810 e. The predicted molar refractivity (Wildman–Crippen MR) is 88.7 cm³/mol. The number of hydrogen-bond donors (Lipinski definition) is 0. The van der Waals surface area contributed by atoms with Gasteiger partial charge in [0.05, 0.1) is 0 Å². The first kappa shape index (κ1) is 15.3. The molecule has 18 heavy (non-hydrogen) atoms. The molecule has 2 aliphatic rings. The molecule has 2 fully saturated rings. The maximum Gasteiger partial charge on any atom is -0.0168 e. The maximum atomic E-state index is 2.48. The van der Waals surface area contributed by atoms with Gasteiger partial charge in [-0.3, -0.25) is 0 Å². The van der Waals surface area contributed by atoms with Crippen LogP contribution in [-0.2, 0) is 0 Å². The van der Waals surface area contributed by atoms with Crippen molar-refractivity contribution in [3.05, 3.63) is 0 Å². The Labute approximate surface area is 117 Å². The highest BCUT2D eigenvalue weighted by molar-refractivity contribution is 8.30. The molecule has 2 heteroatoms. The quantitative estimate of drug-likeness (QED) is 0.501. The van der Waals surface area contributed by atoms with Crippen LogP contribution in [0.2, 0.25) is 0 Å². The van der Waals surface area contributed by atoms with Crippen LogP contribution < -0.4 is 0 Å². The summed E-state index contributed by atoms with van der Waals surface area (Å²) in [6, 6.07) is 0. The fourth-order valence-electron chi connectivity index (χ4n) is 4.00. The fourth-order valence-corrected chi connectivity index (χ4v) is 14.5. The van der Waals surface area contributed by atoms with Crippen LogP contribution in [0.1, 0.15) is 78.1 Å². The normalized spacial score (nSPS) is 24.0.